The topological polar surface area (TPSA) is 49.8 Å². The van der Waals surface area contributed by atoms with Crippen LogP contribution in [0.2, 0.25) is 0 Å². The molecule has 0 bridgehead atoms. The lowest BCUT2D eigenvalue weighted by atomic mass is 10.0. The van der Waals surface area contributed by atoms with E-state index < -0.39 is 5.60 Å². The molecule has 0 saturated carbocycles. The van der Waals surface area contributed by atoms with Crippen molar-refractivity contribution in [3.8, 4) is 0 Å². The Morgan fingerprint density at radius 3 is 2.15 bits per heavy atom. The highest BCUT2D eigenvalue weighted by Gasteiger charge is 2.28. The molecule has 1 amide bonds. The second-order valence-electron chi connectivity index (χ2n) is 7.73. The van der Waals surface area contributed by atoms with Crippen molar-refractivity contribution in [2.75, 3.05) is 6.61 Å². The first-order valence-corrected chi connectivity index (χ1v) is 9.57. The van der Waals surface area contributed by atoms with Crippen molar-refractivity contribution in [1.29, 1.82) is 0 Å². The molecule has 0 radical (unpaired) electrons. The molecule has 2 rings (SSSR count). The van der Waals surface area contributed by atoms with Gasteiger partial charge < -0.3 is 9.84 Å². The Kier molecular flexibility index (Phi) is 7.43. The summed E-state index contributed by atoms with van der Waals surface area (Å²) >= 11 is 0. The Bertz CT molecular complexity index is 705. The van der Waals surface area contributed by atoms with Crippen LogP contribution in [-0.2, 0) is 17.7 Å². The van der Waals surface area contributed by atoms with Crippen molar-refractivity contribution >= 4 is 6.09 Å². The van der Waals surface area contributed by atoms with Crippen molar-refractivity contribution in [2.45, 2.75) is 58.7 Å². The molecule has 0 spiro atoms. The third-order valence-corrected chi connectivity index (χ3v) is 4.35. The van der Waals surface area contributed by atoms with Gasteiger partial charge in [-0.2, -0.15) is 0 Å². The van der Waals surface area contributed by atoms with Crippen LogP contribution < -0.4 is 0 Å². The van der Waals surface area contributed by atoms with Crippen LogP contribution in [0, 0.1) is 0 Å². The zero-order valence-corrected chi connectivity index (χ0v) is 16.8. The van der Waals surface area contributed by atoms with Gasteiger partial charge in [0.2, 0.25) is 0 Å². The Balaban J connectivity index is 2.29. The smallest absolute Gasteiger partial charge is 0.411 e. The Hall–Kier alpha value is -2.33. The van der Waals surface area contributed by atoms with Gasteiger partial charge in [0.1, 0.15) is 5.60 Å². The standard InChI is InChI=1S/C23H31NO3/c1-5-21(20-9-7-6-8-10-20)24(22(26)27-23(2,3)4)17-19-13-11-18(12-14-19)15-16-25/h6-14,21,25H,5,15-17H2,1-4H3. The predicted octanol–water partition coefficient (Wildman–Crippen LogP) is 5.11. The van der Waals surface area contributed by atoms with E-state index in [-0.39, 0.29) is 18.7 Å². The molecule has 0 fully saturated rings. The van der Waals surface area contributed by atoms with Crippen LogP contribution in [0.15, 0.2) is 54.6 Å². The lowest BCUT2D eigenvalue weighted by molar-refractivity contribution is 0.0131. The molecule has 0 heterocycles. The van der Waals surface area contributed by atoms with Gasteiger partial charge in [0.25, 0.3) is 0 Å². The SMILES string of the molecule is CCC(c1ccccc1)N(Cc1ccc(CCO)cc1)C(=O)OC(C)(C)C. The van der Waals surface area contributed by atoms with E-state index in [0.717, 1.165) is 23.1 Å². The molecule has 1 N–H and O–H groups in total. The lowest BCUT2D eigenvalue weighted by Gasteiger charge is -2.33. The van der Waals surface area contributed by atoms with Crippen LogP contribution >= 0.6 is 0 Å². The number of carbonyl (C=O) groups is 1. The van der Waals surface area contributed by atoms with Gasteiger partial charge in [-0.3, -0.25) is 4.90 Å². The fourth-order valence-electron chi connectivity index (χ4n) is 3.07. The Morgan fingerprint density at radius 2 is 1.63 bits per heavy atom. The molecule has 0 aliphatic heterocycles. The summed E-state index contributed by atoms with van der Waals surface area (Å²) in [7, 11) is 0. The van der Waals surface area contributed by atoms with Gasteiger partial charge in [0.15, 0.2) is 0 Å². The van der Waals surface area contributed by atoms with Crippen LogP contribution in [0.4, 0.5) is 4.79 Å². The zero-order chi connectivity index (χ0) is 19.9. The van der Waals surface area contributed by atoms with Crippen molar-refractivity contribution < 1.29 is 14.6 Å². The van der Waals surface area contributed by atoms with E-state index in [1.54, 1.807) is 0 Å². The van der Waals surface area contributed by atoms with Gasteiger partial charge in [0.05, 0.1) is 6.04 Å². The molecule has 2 aromatic carbocycles. The fourth-order valence-corrected chi connectivity index (χ4v) is 3.07. The number of ether oxygens (including phenoxy) is 1. The van der Waals surface area contributed by atoms with Gasteiger partial charge >= 0.3 is 6.09 Å². The largest absolute Gasteiger partial charge is 0.444 e. The highest BCUT2D eigenvalue weighted by Crippen LogP contribution is 2.28. The predicted molar refractivity (Wildman–Crippen MR) is 108 cm³/mol. The Labute approximate surface area is 162 Å². The van der Waals surface area contributed by atoms with E-state index in [0.29, 0.717) is 13.0 Å². The first kappa shape index (κ1) is 21.0. The fraction of sp³-hybridized carbons (Fsp3) is 0.435. The van der Waals surface area contributed by atoms with E-state index >= 15 is 0 Å². The molecule has 0 aliphatic rings. The number of aliphatic hydroxyl groups excluding tert-OH is 1. The summed E-state index contributed by atoms with van der Waals surface area (Å²) in [6, 6.07) is 18.0. The minimum atomic E-state index is -0.546. The molecule has 2 aromatic rings. The first-order valence-electron chi connectivity index (χ1n) is 9.57. The van der Waals surface area contributed by atoms with E-state index in [2.05, 4.69) is 19.1 Å². The maximum Gasteiger partial charge on any atom is 0.411 e. The molecule has 0 aliphatic carbocycles. The highest BCUT2D eigenvalue weighted by atomic mass is 16.6. The van der Waals surface area contributed by atoms with E-state index in [9.17, 15) is 4.79 Å². The monoisotopic (exact) mass is 369 g/mol. The number of rotatable bonds is 7. The van der Waals surface area contributed by atoms with Gasteiger partial charge in [-0.15, -0.1) is 0 Å². The summed E-state index contributed by atoms with van der Waals surface area (Å²) in [5, 5.41) is 9.08. The van der Waals surface area contributed by atoms with Crippen LogP contribution in [0.1, 0.15) is 56.8 Å². The number of hydrogen-bond donors (Lipinski definition) is 1. The second kappa shape index (κ2) is 9.56. The molecular formula is C23H31NO3. The molecule has 0 aromatic heterocycles. The molecule has 1 atom stereocenters. The van der Waals surface area contributed by atoms with Crippen LogP contribution in [0.3, 0.4) is 0 Å². The zero-order valence-electron chi connectivity index (χ0n) is 16.8. The highest BCUT2D eigenvalue weighted by molar-refractivity contribution is 5.69. The number of benzene rings is 2. The summed E-state index contributed by atoms with van der Waals surface area (Å²) in [6.45, 7) is 8.35. The van der Waals surface area contributed by atoms with E-state index in [1.807, 2.05) is 68.1 Å². The molecule has 146 valence electrons. The number of hydrogen-bond acceptors (Lipinski definition) is 3. The third-order valence-electron chi connectivity index (χ3n) is 4.35. The number of aliphatic hydroxyl groups is 1. The summed E-state index contributed by atoms with van der Waals surface area (Å²) in [6.07, 6.45) is 1.13. The van der Waals surface area contributed by atoms with Crippen LogP contribution in [-0.4, -0.2) is 28.3 Å². The number of amides is 1. The summed E-state index contributed by atoms with van der Waals surface area (Å²) < 4.78 is 5.69. The normalized spacial score (nSPS) is 12.5. The lowest BCUT2D eigenvalue weighted by Crippen LogP contribution is -2.38. The van der Waals surface area contributed by atoms with Crippen LogP contribution in [0.5, 0.6) is 0 Å². The summed E-state index contributed by atoms with van der Waals surface area (Å²) in [5.41, 5.74) is 2.68. The van der Waals surface area contributed by atoms with Gasteiger partial charge in [-0.05, 0) is 50.3 Å². The molecular weight excluding hydrogens is 338 g/mol. The summed E-state index contributed by atoms with van der Waals surface area (Å²) in [4.78, 5) is 14.8. The number of carbonyl (C=O) groups excluding carboxylic acids is 1. The molecule has 1 unspecified atom stereocenters. The summed E-state index contributed by atoms with van der Waals surface area (Å²) in [5.74, 6) is 0. The molecule has 4 nitrogen and oxygen atoms in total. The average molecular weight is 370 g/mol. The van der Waals surface area contributed by atoms with Crippen LogP contribution in [0.25, 0.3) is 0 Å². The molecule has 27 heavy (non-hydrogen) atoms. The van der Waals surface area contributed by atoms with E-state index in [4.69, 9.17) is 9.84 Å². The van der Waals surface area contributed by atoms with Crippen molar-refractivity contribution in [1.82, 2.24) is 4.90 Å². The molecule has 0 saturated heterocycles. The van der Waals surface area contributed by atoms with Gasteiger partial charge in [0, 0.05) is 13.2 Å². The maximum atomic E-state index is 13.0. The third kappa shape index (κ3) is 6.40. The average Bonchev–Trinajstić information content (AvgIpc) is 2.62. The van der Waals surface area contributed by atoms with Gasteiger partial charge in [-0.1, -0.05) is 61.5 Å². The van der Waals surface area contributed by atoms with E-state index in [1.165, 1.54) is 0 Å². The van der Waals surface area contributed by atoms with Crippen molar-refractivity contribution in [3.05, 3.63) is 71.3 Å². The first-order chi connectivity index (χ1) is 12.8. The minimum absolute atomic E-state index is 0.0573. The maximum absolute atomic E-state index is 13.0. The van der Waals surface area contributed by atoms with Crippen molar-refractivity contribution in [3.63, 3.8) is 0 Å². The van der Waals surface area contributed by atoms with Crippen molar-refractivity contribution in [2.24, 2.45) is 0 Å². The van der Waals surface area contributed by atoms with Gasteiger partial charge in [-0.25, -0.2) is 4.79 Å². The minimum Gasteiger partial charge on any atom is -0.444 e. The number of nitrogens with zero attached hydrogens (tertiary/aromatic N) is 1. The Morgan fingerprint density at radius 1 is 1.04 bits per heavy atom. The molecule has 4 heteroatoms. The quantitative estimate of drug-likeness (QED) is 0.738. The second-order valence-corrected chi connectivity index (χ2v) is 7.73.